The first-order valence-corrected chi connectivity index (χ1v) is 4.70. The molecular formula is C8H12N4O3. The van der Waals surface area contributed by atoms with Crippen molar-refractivity contribution < 1.29 is 14.1 Å². The summed E-state index contributed by atoms with van der Waals surface area (Å²) in [6, 6.07) is -0.106. The van der Waals surface area contributed by atoms with Crippen LogP contribution < -0.4 is 5.32 Å². The van der Waals surface area contributed by atoms with Crippen molar-refractivity contribution in [3.63, 3.8) is 0 Å². The zero-order chi connectivity index (χ0) is 10.7. The second-order valence-corrected chi connectivity index (χ2v) is 3.18. The number of urea groups is 1. The fourth-order valence-electron chi connectivity index (χ4n) is 1.28. The third-order valence-electron chi connectivity index (χ3n) is 2.04. The lowest BCUT2D eigenvalue weighted by Crippen LogP contribution is -2.43. The van der Waals surface area contributed by atoms with E-state index in [4.69, 9.17) is 9.26 Å². The van der Waals surface area contributed by atoms with Crippen molar-refractivity contribution in [1.82, 2.24) is 15.0 Å². The van der Waals surface area contributed by atoms with E-state index in [2.05, 4.69) is 15.5 Å². The van der Waals surface area contributed by atoms with Gasteiger partial charge in [0.15, 0.2) is 5.82 Å². The molecule has 1 aliphatic heterocycles. The van der Waals surface area contributed by atoms with Gasteiger partial charge in [-0.25, -0.2) is 4.79 Å². The Morgan fingerprint density at radius 2 is 2.20 bits per heavy atom. The van der Waals surface area contributed by atoms with Crippen molar-refractivity contribution in [2.75, 3.05) is 31.6 Å². The Morgan fingerprint density at radius 3 is 2.80 bits per heavy atom. The Balaban J connectivity index is 1.91. The standard InChI is InChI=1S/C8H12N4O3/c1-6-9-7(15-11-6)10-8(13)12-2-4-14-5-3-12/h2-5H2,1H3,(H,9,10,11,13). The van der Waals surface area contributed by atoms with Gasteiger partial charge in [0.05, 0.1) is 13.2 Å². The number of morpholine rings is 1. The number of anilines is 1. The molecule has 0 aromatic carbocycles. The molecule has 82 valence electrons. The predicted octanol–water partition coefficient (Wildman–Crippen LogP) is 0.242. The van der Waals surface area contributed by atoms with Crippen LogP contribution in [0, 0.1) is 6.92 Å². The number of aromatic nitrogens is 2. The highest BCUT2D eigenvalue weighted by atomic mass is 16.5. The molecule has 7 nitrogen and oxygen atoms in total. The SMILES string of the molecule is Cc1noc(NC(=O)N2CCOCC2)n1. The fourth-order valence-corrected chi connectivity index (χ4v) is 1.28. The molecule has 0 unspecified atom stereocenters. The van der Waals surface area contributed by atoms with Gasteiger partial charge < -0.3 is 14.2 Å². The predicted molar refractivity (Wildman–Crippen MR) is 50.4 cm³/mol. The highest BCUT2D eigenvalue weighted by Crippen LogP contribution is 2.05. The Hall–Kier alpha value is -1.63. The molecule has 0 bridgehead atoms. The summed E-state index contributed by atoms with van der Waals surface area (Å²) < 4.78 is 9.91. The molecular weight excluding hydrogens is 200 g/mol. The Kier molecular flexibility index (Phi) is 2.82. The topological polar surface area (TPSA) is 80.5 Å². The van der Waals surface area contributed by atoms with Crippen LogP contribution in [0.1, 0.15) is 5.82 Å². The van der Waals surface area contributed by atoms with Crippen LogP contribution in [0.5, 0.6) is 0 Å². The maximum absolute atomic E-state index is 11.6. The Bertz CT molecular complexity index is 345. The molecule has 0 radical (unpaired) electrons. The molecule has 2 heterocycles. The lowest BCUT2D eigenvalue weighted by atomic mass is 10.4. The summed E-state index contributed by atoms with van der Waals surface area (Å²) in [5, 5.41) is 6.09. The summed E-state index contributed by atoms with van der Waals surface area (Å²) in [4.78, 5) is 17.1. The number of carbonyl (C=O) groups excluding carboxylic acids is 1. The highest BCUT2D eigenvalue weighted by molar-refractivity contribution is 5.87. The van der Waals surface area contributed by atoms with Gasteiger partial charge in [-0.05, 0) is 6.92 Å². The molecule has 0 spiro atoms. The first kappa shape index (κ1) is 9.91. The molecule has 1 aliphatic rings. The number of amides is 2. The van der Waals surface area contributed by atoms with E-state index in [1.807, 2.05) is 0 Å². The van der Waals surface area contributed by atoms with E-state index >= 15 is 0 Å². The molecule has 0 atom stereocenters. The minimum absolute atomic E-state index is 0.129. The van der Waals surface area contributed by atoms with Crippen LogP contribution >= 0.6 is 0 Å². The monoisotopic (exact) mass is 212 g/mol. The van der Waals surface area contributed by atoms with Gasteiger partial charge in [-0.1, -0.05) is 5.16 Å². The van der Waals surface area contributed by atoms with Gasteiger partial charge in [0.25, 0.3) is 0 Å². The van der Waals surface area contributed by atoms with Crippen molar-refractivity contribution in [3.8, 4) is 0 Å². The lowest BCUT2D eigenvalue weighted by Gasteiger charge is -2.26. The van der Waals surface area contributed by atoms with Crippen LogP contribution in [-0.2, 0) is 4.74 Å². The van der Waals surface area contributed by atoms with Gasteiger partial charge in [-0.3, -0.25) is 5.32 Å². The third kappa shape index (κ3) is 2.44. The number of nitrogens with zero attached hydrogens (tertiary/aromatic N) is 3. The smallest absolute Gasteiger partial charge is 0.329 e. The van der Waals surface area contributed by atoms with Gasteiger partial charge in [0.1, 0.15) is 0 Å². The number of ether oxygens (including phenoxy) is 1. The maximum atomic E-state index is 11.6. The van der Waals surface area contributed by atoms with Crippen molar-refractivity contribution in [2.24, 2.45) is 0 Å². The molecule has 15 heavy (non-hydrogen) atoms. The van der Waals surface area contributed by atoms with Crippen LogP contribution in [0.25, 0.3) is 0 Å². The van der Waals surface area contributed by atoms with Gasteiger partial charge in [0.2, 0.25) is 0 Å². The van der Waals surface area contributed by atoms with Crippen LogP contribution in [0.2, 0.25) is 0 Å². The summed E-state index contributed by atoms with van der Waals surface area (Å²) in [7, 11) is 0. The number of rotatable bonds is 1. The highest BCUT2D eigenvalue weighted by Gasteiger charge is 2.18. The summed E-state index contributed by atoms with van der Waals surface area (Å²) in [6.45, 7) is 3.98. The molecule has 1 saturated heterocycles. The number of carbonyl (C=O) groups is 1. The number of hydrogen-bond donors (Lipinski definition) is 1. The zero-order valence-corrected chi connectivity index (χ0v) is 8.39. The van der Waals surface area contributed by atoms with Crippen molar-refractivity contribution in [3.05, 3.63) is 5.82 Å². The van der Waals surface area contributed by atoms with Gasteiger partial charge in [-0.15, -0.1) is 0 Å². The second-order valence-electron chi connectivity index (χ2n) is 3.18. The normalized spacial score (nSPS) is 16.5. The first-order chi connectivity index (χ1) is 7.25. The molecule has 1 N–H and O–H groups in total. The van der Waals surface area contributed by atoms with E-state index < -0.39 is 0 Å². The van der Waals surface area contributed by atoms with Crippen LogP contribution in [0.4, 0.5) is 10.8 Å². The molecule has 2 amide bonds. The van der Waals surface area contributed by atoms with Crippen LogP contribution in [-0.4, -0.2) is 47.4 Å². The molecule has 1 fully saturated rings. The first-order valence-electron chi connectivity index (χ1n) is 4.70. The van der Waals surface area contributed by atoms with E-state index in [1.54, 1.807) is 11.8 Å². The van der Waals surface area contributed by atoms with Crippen LogP contribution in [0.3, 0.4) is 0 Å². The van der Waals surface area contributed by atoms with Crippen molar-refractivity contribution >= 4 is 12.0 Å². The molecule has 1 aromatic heterocycles. The second kappa shape index (κ2) is 4.26. The van der Waals surface area contributed by atoms with E-state index in [9.17, 15) is 4.79 Å². The van der Waals surface area contributed by atoms with E-state index in [0.29, 0.717) is 32.1 Å². The Morgan fingerprint density at radius 1 is 1.47 bits per heavy atom. The third-order valence-corrected chi connectivity index (χ3v) is 2.04. The van der Waals surface area contributed by atoms with Gasteiger partial charge in [-0.2, -0.15) is 4.98 Å². The maximum Gasteiger partial charge on any atom is 0.329 e. The number of hydrogen-bond acceptors (Lipinski definition) is 5. The Labute approximate surface area is 86.4 Å². The average Bonchev–Trinajstić information content (AvgIpc) is 2.65. The molecule has 1 aromatic rings. The average molecular weight is 212 g/mol. The van der Waals surface area contributed by atoms with E-state index in [1.165, 1.54) is 0 Å². The minimum atomic E-state index is -0.234. The summed E-state index contributed by atoms with van der Waals surface area (Å²) in [5.74, 6) is 0.493. The molecule has 0 saturated carbocycles. The van der Waals surface area contributed by atoms with Crippen molar-refractivity contribution in [1.29, 1.82) is 0 Å². The van der Waals surface area contributed by atoms with Crippen molar-refractivity contribution in [2.45, 2.75) is 6.92 Å². The quantitative estimate of drug-likeness (QED) is 0.721. The fraction of sp³-hybridized carbons (Fsp3) is 0.625. The molecule has 7 heteroatoms. The largest absolute Gasteiger partial charge is 0.378 e. The molecule has 2 rings (SSSR count). The van der Waals surface area contributed by atoms with Gasteiger partial charge >= 0.3 is 12.0 Å². The minimum Gasteiger partial charge on any atom is -0.378 e. The number of aryl methyl sites for hydroxylation is 1. The lowest BCUT2D eigenvalue weighted by molar-refractivity contribution is 0.0563. The summed E-state index contributed by atoms with van der Waals surface area (Å²) >= 11 is 0. The van der Waals surface area contributed by atoms with Crippen LogP contribution in [0.15, 0.2) is 4.52 Å². The van der Waals surface area contributed by atoms with E-state index in [-0.39, 0.29) is 12.0 Å². The van der Waals surface area contributed by atoms with E-state index in [0.717, 1.165) is 0 Å². The summed E-state index contributed by atoms with van der Waals surface area (Å²) in [5.41, 5.74) is 0. The number of nitrogens with one attached hydrogen (secondary N) is 1. The summed E-state index contributed by atoms with van der Waals surface area (Å²) in [6.07, 6.45) is 0. The van der Waals surface area contributed by atoms with Gasteiger partial charge in [0, 0.05) is 13.1 Å². The molecule has 0 aliphatic carbocycles. The zero-order valence-electron chi connectivity index (χ0n) is 8.39.